The molecule has 1 aliphatic carbocycles. The van der Waals surface area contributed by atoms with Crippen molar-refractivity contribution in [3.8, 4) is 0 Å². The number of amides is 2. The summed E-state index contributed by atoms with van der Waals surface area (Å²) in [6, 6.07) is 9.86. The summed E-state index contributed by atoms with van der Waals surface area (Å²) >= 11 is 0. The van der Waals surface area contributed by atoms with E-state index in [9.17, 15) is 9.59 Å². The van der Waals surface area contributed by atoms with Gasteiger partial charge in [-0.3, -0.25) is 0 Å². The maximum Gasteiger partial charge on any atom is 0.410 e. The summed E-state index contributed by atoms with van der Waals surface area (Å²) in [5.74, 6) is 0.851. The summed E-state index contributed by atoms with van der Waals surface area (Å²) in [6.45, 7) is 7.21. The van der Waals surface area contributed by atoms with Gasteiger partial charge in [0.25, 0.3) is 0 Å². The predicted molar refractivity (Wildman–Crippen MR) is 97.6 cm³/mol. The molecule has 1 aromatic rings. The minimum absolute atomic E-state index is 0.173. The highest BCUT2D eigenvalue weighted by molar-refractivity contribution is 5.69. The first-order valence-electron chi connectivity index (χ1n) is 9.28. The van der Waals surface area contributed by atoms with Crippen molar-refractivity contribution in [3.63, 3.8) is 0 Å². The van der Waals surface area contributed by atoms with Gasteiger partial charge in [-0.05, 0) is 51.0 Å². The minimum Gasteiger partial charge on any atom is -0.445 e. The molecule has 0 aromatic heterocycles. The second-order valence-corrected chi connectivity index (χ2v) is 8.10. The average molecular weight is 360 g/mol. The Morgan fingerprint density at radius 1 is 1.12 bits per heavy atom. The number of benzene rings is 1. The summed E-state index contributed by atoms with van der Waals surface area (Å²) in [5.41, 5.74) is 0.500. The van der Waals surface area contributed by atoms with Gasteiger partial charge in [0.15, 0.2) is 0 Å². The van der Waals surface area contributed by atoms with E-state index in [4.69, 9.17) is 9.47 Å². The standard InChI is InChI=1S/C20H28N2O4/c1-20(2,3)26-18(23)21-17-15-9-11-22(12-10-16(15)17)19(24)25-13-14-7-5-4-6-8-14/h4-8,15-17H,9-13H2,1-3H3,(H,21,23). The van der Waals surface area contributed by atoms with E-state index < -0.39 is 5.60 Å². The molecule has 6 heteroatoms. The van der Waals surface area contributed by atoms with Gasteiger partial charge in [0.05, 0.1) is 0 Å². The zero-order valence-electron chi connectivity index (χ0n) is 15.7. The Hall–Kier alpha value is -2.24. The van der Waals surface area contributed by atoms with Gasteiger partial charge in [0.1, 0.15) is 12.2 Å². The lowest BCUT2D eigenvalue weighted by Crippen LogP contribution is -2.37. The topological polar surface area (TPSA) is 67.9 Å². The summed E-state index contributed by atoms with van der Waals surface area (Å²) in [4.78, 5) is 26.0. The molecule has 142 valence electrons. The average Bonchev–Trinajstić information content (AvgIpc) is 3.27. The maximum atomic E-state index is 12.3. The number of hydrogen-bond acceptors (Lipinski definition) is 4. The van der Waals surface area contributed by atoms with Crippen LogP contribution in [0.3, 0.4) is 0 Å². The molecule has 2 unspecified atom stereocenters. The number of carbonyl (C=O) groups excluding carboxylic acids is 2. The highest BCUT2D eigenvalue weighted by atomic mass is 16.6. The summed E-state index contributed by atoms with van der Waals surface area (Å²) in [6.07, 6.45) is 1.15. The van der Waals surface area contributed by atoms with Crippen molar-refractivity contribution < 1.29 is 19.1 Å². The number of hydrogen-bond donors (Lipinski definition) is 1. The summed E-state index contributed by atoms with van der Waals surface area (Å²) in [7, 11) is 0. The third-order valence-electron chi connectivity index (χ3n) is 4.94. The van der Waals surface area contributed by atoms with Gasteiger partial charge in [-0.2, -0.15) is 0 Å². The molecule has 1 saturated heterocycles. The first kappa shape index (κ1) is 18.5. The highest BCUT2D eigenvalue weighted by Crippen LogP contribution is 2.46. The normalized spacial score (nSPS) is 24.9. The number of ether oxygens (including phenoxy) is 2. The second kappa shape index (κ2) is 7.56. The highest BCUT2D eigenvalue weighted by Gasteiger charge is 2.52. The molecule has 2 aliphatic rings. The van der Waals surface area contributed by atoms with E-state index in [1.807, 2.05) is 51.1 Å². The van der Waals surface area contributed by atoms with E-state index in [0.717, 1.165) is 18.4 Å². The molecule has 1 aliphatic heterocycles. The van der Waals surface area contributed by atoms with Gasteiger partial charge >= 0.3 is 12.2 Å². The lowest BCUT2D eigenvalue weighted by molar-refractivity contribution is 0.0515. The zero-order chi connectivity index (χ0) is 18.7. The molecule has 2 fully saturated rings. The van der Waals surface area contributed by atoms with Crippen LogP contribution in [0.25, 0.3) is 0 Å². The molecule has 1 heterocycles. The summed E-state index contributed by atoms with van der Waals surface area (Å²) < 4.78 is 10.7. The van der Waals surface area contributed by atoms with E-state index >= 15 is 0 Å². The number of nitrogens with zero attached hydrogens (tertiary/aromatic N) is 1. The predicted octanol–water partition coefficient (Wildman–Crippen LogP) is 3.56. The van der Waals surface area contributed by atoms with Gasteiger partial charge < -0.3 is 19.7 Å². The molecule has 6 nitrogen and oxygen atoms in total. The number of alkyl carbamates (subject to hydrolysis) is 1. The van der Waals surface area contributed by atoms with Crippen LogP contribution in [0.1, 0.15) is 39.2 Å². The van der Waals surface area contributed by atoms with Crippen LogP contribution in [0.2, 0.25) is 0 Å². The van der Waals surface area contributed by atoms with E-state index in [-0.39, 0.29) is 18.2 Å². The Bertz CT molecular complexity index is 627. The van der Waals surface area contributed by atoms with E-state index in [0.29, 0.717) is 31.5 Å². The van der Waals surface area contributed by atoms with Crippen molar-refractivity contribution in [1.82, 2.24) is 10.2 Å². The smallest absolute Gasteiger partial charge is 0.410 e. The van der Waals surface area contributed by atoms with Gasteiger partial charge in [0.2, 0.25) is 0 Å². The Morgan fingerprint density at radius 3 is 2.31 bits per heavy atom. The third-order valence-corrected chi connectivity index (χ3v) is 4.94. The lowest BCUT2D eigenvalue weighted by Gasteiger charge is -2.22. The van der Waals surface area contributed by atoms with Crippen LogP contribution in [0, 0.1) is 11.8 Å². The van der Waals surface area contributed by atoms with Crippen LogP contribution in [0.5, 0.6) is 0 Å². The zero-order valence-corrected chi connectivity index (χ0v) is 15.7. The molecule has 1 aromatic carbocycles. The molecule has 26 heavy (non-hydrogen) atoms. The molecule has 0 radical (unpaired) electrons. The van der Waals surface area contributed by atoms with E-state index in [1.54, 1.807) is 4.90 Å². The number of carbonyl (C=O) groups is 2. The number of likely N-dealkylation sites (tertiary alicyclic amines) is 1. The fraction of sp³-hybridized carbons (Fsp3) is 0.600. The maximum absolute atomic E-state index is 12.3. The first-order chi connectivity index (χ1) is 12.3. The molecule has 2 amide bonds. The number of fused-ring (bicyclic) bond motifs is 1. The fourth-order valence-corrected chi connectivity index (χ4v) is 3.60. The number of nitrogens with one attached hydrogen (secondary N) is 1. The third kappa shape index (κ3) is 4.90. The quantitative estimate of drug-likeness (QED) is 0.895. The van der Waals surface area contributed by atoms with Gasteiger partial charge in [-0.15, -0.1) is 0 Å². The summed E-state index contributed by atoms with van der Waals surface area (Å²) in [5, 5.41) is 2.98. The Morgan fingerprint density at radius 2 is 1.73 bits per heavy atom. The monoisotopic (exact) mass is 360 g/mol. The molecule has 3 rings (SSSR count). The second-order valence-electron chi connectivity index (χ2n) is 8.10. The van der Waals surface area contributed by atoms with Crippen LogP contribution >= 0.6 is 0 Å². The first-order valence-corrected chi connectivity index (χ1v) is 9.28. The van der Waals surface area contributed by atoms with Crippen molar-refractivity contribution in [2.75, 3.05) is 13.1 Å². The van der Waals surface area contributed by atoms with Crippen molar-refractivity contribution in [3.05, 3.63) is 35.9 Å². The van der Waals surface area contributed by atoms with Gasteiger partial charge in [-0.25, -0.2) is 9.59 Å². The number of rotatable bonds is 3. The van der Waals surface area contributed by atoms with Crippen LogP contribution in [0.15, 0.2) is 30.3 Å². The van der Waals surface area contributed by atoms with Crippen molar-refractivity contribution in [1.29, 1.82) is 0 Å². The lowest BCUT2D eigenvalue weighted by atomic mass is 10.2. The van der Waals surface area contributed by atoms with Crippen LogP contribution in [0.4, 0.5) is 9.59 Å². The molecular formula is C20H28N2O4. The van der Waals surface area contributed by atoms with Crippen molar-refractivity contribution >= 4 is 12.2 Å². The molecule has 1 saturated carbocycles. The fourth-order valence-electron chi connectivity index (χ4n) is 3.60. The van der Waals surface area contributed by atoms with Crippen LogP contribution in [-0.4, -0.2) is 41.8 Å². The minimum atomic E-state index is -0.486. The Balaban J connectivity index is 1.41. The Kier molecular flexibility index (Phi) is 5.39. The molecular weight excluding hydrogens is 332 g/mol. The van der Waals surface area contributed by atoms with Gasteiger partial charge in [0, 0.05) is 19.1 Å². The van der Waals surface area contributed by atoms with E-state index in [2.05, 4.69) is 5.32 Å². The molecule has 2 atom stereocenters. The Labute approximate surface area is 154 Å². The van der Waals surface area contributed by atoms with Crippen molar-refractivity contribution in [2.45, 2.75) is 51.9 Å². The van der Waals surface area contributed by atoms with Crippen LogP contribution in [-0.2, 0) is 16.1 Å². The van der Waals surface area contributed by atoms with Crippen LogP contribution < -0.4 is 5.32 Å². The largest absolute Gasteiger partial charge is 0.445 e. The molecule has 0 spiro atoms. The van der Waals surface area contributed by atoms with Crippen molar-refractivity contribution in [2.24, 2.45) is 11.8 Å². The SMILES string of the molecule is CC(C)(C)OC(=O)NC1C2CCN(C(=O)OCc3ccccc3)CCC21. The molecule has 0 bridgehead atoms. The van der Waals surface area contributed by atoms with Gasteiger partial charge in [-0.1, -0.05) is 30.3 Å². The molecule has 1 N–H and O–H groups in total. The van der Waals surface area contributed by atoms with E-state index in [1.165, 1.54) is 0 Å².